The molecule has 122 valence electrons. The van der Waals surface area contributed by atoms with E-state index < -0.39 is 33.3 Å². The number of hydrogen-bond acceptors (Lipinski definition) is 7. The van der Waals surface area contributed by atoms with Crippen molar-refractivity contribution in [3.8, 4) is 6.07 Å². The van der Waals surface area contributed by atoms with Crippen LogP contribution in [0.5, 0.6) is 0 Å². The van der Waals surface area contributed by atoms with Crippen molar-refractivity contribution in [2.75, 3.05) is 6.61 Å². The van der Waals surface area contributed by atoms with Crippen molar-refractivity contribution in [2.24, 2.45) is 0 Å². The van der Waals surface area contributed by atoms with Gasteiger partial charge in [-0.3, -0.25) is 20.2 Å². The number of nitriles is 1. The summed E-state index contributed by atoms with van der Waals surface area (Å²) >= 11 is 0. The third-order valence-electron chi connectivity index (χ3n) is 3.47. The molecule has 1 aromatic carbocycles. The number of carbonyl (C=O) groups is 1. The van der Waals surface area contributed by atoms with E-state index in [0.717, 1.165) is 6.92 Å². The van der Waals surface area contributed by atoms with E-state index in [2.05, 4.69) is 4.74 Å². The molecule has 0 N–H and O–H groups in total. The van der Waals surface area contributed by atoms with Crippen LogP contribution in [0.25, 0.3) is 0 Å². The molecular formula is C14H15N3O6. The van der Waals surface area contributed by atoms with Crippen molar-refractivity contribution < 1.29 is 19.4 Å². The summed E-state index contributed by atoms with van der Waals surface area (Å²) in [6.07, 6.45) is 0. The second-order valence-electron chi connectivity index (χ2n) is 4.77. The molecule has 0 radical (unpaired) electrons. The van der Waals surface area contributed by atoms with Gasteiger partial charge < -0.3 is 4.74 Å². The van der Waals surface area contributed by atoms with Crippen LogP contribution in [0, 0.1) is 31.6 Å². The molecule has 0 heterocycles. The summed E-state index contributed by atoms with van der Waals surface area (Å²) in [4.78, 5) is 33.1. The van der Waals surface area contributed by atoms with Crippen LogP contribution in [-0.2, 0) is 9.53 Å². The van der Waals surface area contributed by atoms with Crippen molar-refractivity contribution in [3.63, 3.8) is 0 Å². The zero-order valence-electron chi connectivity index (χ0n) is 12.5. The average molecular weight is 321 g/mol. The number of hydrogen-bond donors (Lipinski definition) is 0. The molecule has 0 saturated heterocycles. The Morgan fingerprint density at radius 1 is 1.35 bits per heavy atom. The Labute approximate surface area is 131 Å². The minimum Gasteiger partial charge on any atom is -0.460 e. The van der Waals surface area contributed by atoms with E-state index in [-0.39, 0.29) is 12.2 Å². The topological polar surface area (TPSA) is 136 Å². The van der Waals surface area contributed by atoms with Crippen molar-refractivity contribution in [1.82, 2.24) is 0 Å². The Morgan fingerprint density at radius 2 is 1.91 bits per heavy atom. The van der Waals surface area contributed by atoms with Crippen LogP contribution in [-0.4, -0.2) is 34.0 Å². The summed E-state index contributed by atoms with van der Waals surface area (Å²) in [5, 5.41) is 32.2. The lowest BCUT2D eigenvalue weighted by atomic mass is 9.76. The third-order valence-corrected chi connectivity index (χ3v) is 3.47. The predicted octanol–water partition coefficient (Wildman–Crippen LogP) is 1.54. The monoisotopic (exact) mass is 321 g/mol. The molecule has 0 amide bonds. The SMILES string of the molecule is CCOC(=O)C(C#N)(C(c1ccccc1)C(C)[N+](=O)[O-])[N+](=O)[O-]. The number of rotatable bonds is 7. The van der Waals surface area contributed by atoms with Crippen LogP contribution in [0.15, 0.2) is 30.3 Å². The zero-order valence-corrected chi connectivity index (χ0v) is 12.5. The first-order valence-corrected chi connectivity index (χ1v) is 6.74. The minimum absolute atomic E-state index is 0.142. The van der Waals surface area contributed by atoms with Gasteiger partial charge in [-0.05, 0) is 12.5 Å². The van der Waals surface area contributed by atoms with Crippen LogP contribution in [0.3, 0.4) is 0 Å². The highest BCUT2D eigenvalue weighted by Gasteiger charge is 2.65. The van der Waals surface area contributed by atoms with Gasteiger partial charge in [-0.15, -0.1) is 0 Å². The average Bonchev–Trinajstić information content (AvgIpc) is 2.52. The fourth-order valence-corrected chi connectivity index (χ4v) is 2.36. The highest BCUT2D eigenvalue weighted by Crippen LogP contribution is 2.36. The van der Waals surface area contributed by atoms with Crippen LogP contribution in [0.2, 0.25) is 0 Å². The number of nitro groups is 2. The zero-order chi connectivity index (χ0) is 17.6. The van der Waals surface area contributed by atoms with Crippen LogP contribution in [0.1, 0.15) is 25.3 Å². The van der Waals surface area contributed by atoms with E-state index in [0.29, 0.717) is 0 Å². The standard InChI is InChI=1S/C14H15N3O6/c1-3-23-13(18)14(9-15,17(21)22)12(10(2)16(19)20)11-7-5-4-6-8-11/h4-8,10,12H,3H2,1-2H3. The van der Waals surface area contributed by atoms with E-state index in [4.69, 9.17) is 0 Å². The second kappa shape index (κ2) is 7.31. The van der Waals surface area contributed by atoms with Gasteiger partial charge in [-0.1, -0.05) is 30.3 Å². The number of esters is 1. The normalized spacial score (nSPS) is 15.5. The van der Waals surface area contributed by atoms with Gasteiger partial charge in [0.15, 0.2) is 6.07 Å². The number of benzene rings is 1. The van der Waals surface area contributed by atoms with Crippen LogP contribution < -0.4 is 0 Å². The Bertz CT molecular complexity index is 642. The molecule has 3 unspecified atom stereocenters. The lowest BCUT2D eigenvalue weighted by Crippen LogP contribution is -2.55. The van der Waals surface area contributed by atoms with E-state index >= 15 is 0 Å². The highest BCUT2D eigenvalue weighted by molar-refractivity contribution is 5.84. The van der Waals surface area contributed by atoms with Gasteiger partial charge in [-0.2, -0.15) is 5.26 Å². The molecule has 9 nitrogen and oxygen atoms in total. The molecule has 1 rings (SSSR count). The summed E-state index contributed by atoms with van der Waals surface area (Å²) in [5.41, 5.74) is -2.76. The maximum Gasteiger partial charge on any atom is 0.412 e. The number of ether oxygens (including phenoxy) is 1. The van der Waals surface area contributed by atoms with Gasteiger partial charge in [0, 0.05) is 11.8 Å². The van der Waals surface area contributed by atoms with Gasteiger partial charge in [0.05, 0.1) is 11.5 Å². The molecule has 1 aromatic rings. The van der Waals surface area contributed by atoms with Gasteiger partial charge >= 0.3 is 11.5 Å². The molecule has 9 heteroatoms. The summed E-state index contributed by atoms with van der Waals surface area (Å²) in [5.74, 6) is -3.01. The third kappa shape index (κ3) is 3.26. The van der Waals surface area contributed by atoms with Crippen LogP contribution in [0.4, 0.5) is 0 Å². The molecule has 0 fully saturated rings. The Morgan fingerprint density at radius 3 is 2.30 bits per heavy atom. The first-order chi connectivity index (χ1) is 10.8. The minimum atomic E-state index is -2.90. The van der Waals surface area contributed by atoms with Gasteiger partial charge in [0.2, 0.25) is 6.04 Å². The van der Waals surface area contributed by atoms with Crippen molar-refractivity contribution in [2.45, 2.75) is 31.3 Å². The predicted molar refractivity (Wildman–Crippen MR) is 77.6 cm³/mol. The largest absolute Gasteiger partial charge is 0.460 e. The fraction of sp³-hybridized carbons (Fsp3) is 0.429. The van der Waals surface area contributed by atoms with Gasteiger partial charge in [0.25, 0.3) is 0 Å². The number of carbonyl (C=O) groups excluding carboxylic acids is 1. The van der Waals surface area contributed by atoms with Crippen molar-refractivity contribution >= 4 is 5.97 Å². The first kappa shape index (κ1) is 18.0. The molecule has 0 aromatic heterocycles. The lowest BCUT2D eigenvalue weighted by Gasteiger charge is -2.26. The molecule has 3 atom stereocenters. The Kier molecular flexibility index (Phi) is 5.73. The lowest BCUT2D eigenvalue weighted by molar-refractivity contribution is -0.574. The quantitative estimate of drug-likeness (QED) is 0.422. The molecule has 0 aliphatic heterocycles. The molecule has 0 bridgehead atoms. The maximum atomic E-state index is 12.2. The molecule has 23 heavy (non-hydrogen) atoms. The van der Waals surface area contributed by atoms with Gasteiger partial charge in [0.1, 0.15) is 5.92 Å². The first-order valence-electron chi connectivity index (χ1n) is 6.74. The van der Waals surface area contributed by atoms with Gasteiger partial charge in [-0.25, -0.2) is 4.79 Å². The molecule has 0 saturated carbocycles. The molecule has 0 spiro atoms. The Hall–Kier alpha value is -3.02. The molecule has 0 aliphatic rings. The number of nitrogens with zero attached hydrogens (tertiary/aromatic N) is 3. The highest BCUT2D eigenvalue weighted by atomic mass is 16.6. The molecule has 0 aliphatic carbocycles. The summed E-state index contributed by atoms with van der Waals surface area (Å²) in [6, 6.07) is 7.26. The van der Waals surface area contributed by atoms with Crippen molar-refractivity contribution in [3.05, 3.63) is 56.1 Å². The van der Waals surface area contributed by atoms with Crippen LogP contribution >= 0.6 is 0 Å². The summed E-state index contributed by atoms with van der Waals surface area (Å²) in [7, 11) is 0. The van der Waals surface area contributed by atoms with E-state index in [1.807, 2.05) is 0 Å². The molecular weight excluding hydrogens is 306 g/mol. The Balaban J connectivity index is 3.64. The summed E-state index contributed by atoms with van der Waals surface area (Å²) < 4.78 is 4.67. The maximum absolute atomic E-state index is 12.2. The second-order valence-corrected chi connectivity index (χ2v) is 4.77. The van der Waals surface area contributed by atoms with E-state index in [1.165, 1.54) is 37.3 Å². The smallest absolute Gasteiger partial charge is 0.412 e. The van der Waals surface area contributed by atoms with Crippen molar-refractivity contribution in [1.29, 1.82) is 5.26 Å². The summed E-state index contributed by atoms with van der Waals surface area (Å²) in [6.45, 7) is 2.35. The van der Waals surface area contributed by atoms with E-state index in [9.17, 15) is 30.3 Å². The fourth-order valence-electron chi connectivity index (χ4n) is 2.36. The van der Waals surface area contributed by atoms with E-state index in [1.54, 1.807) is 6.07 Å².